The largest absolute Gasteiger partial charge is 0.368 e. The van der Waals surface area contributed by atoms with E-state index in [0.717, 1.165) is 24.7 Å². The van der Waals surface area contributed by atoms with Gasteiger partial charge in [0.1, 0.15) is 5.82 Å². The van der Waals surface area contributed by atoms with Gasteiger partial charge in [0, 0.05) is 57.7 Å². The molecule has 0 spiro atoms. The van der Waals surface area contributed by atoms with Crippen molar-refractivity contribution in [3.05, 3.63) is 36.5 Å². The molecule has 1 aliphatic rings. The maximum atomic E-state index is 12.3. The zero-order chi connectivity index (χ0) is 16.8. The standard InChI is InChI=1S/C16H21N7O/c1-13-11-17-12-14(21-13)18-6-3-15(24)22-7-9-23(10-8-22)16-19-4-2-5-20-16/h2,4-5,11-12H,3,6-10H2,1H3,(H,18,21). The SMILES string of the molecule is Cc1cncc(NCCC(=O)N2CCN(c3ncccn3)CC2)n1. The van der Waals surface area contributed by atoms with Gasteiger partial charge in [0.2, 0.25) is 11.9 Å². The molecule has 1 fully saturated rings. The summed E-state index contributed by atoms with van der Waals surface area (Å²) in [7, 11) is 0. The van der Waals surface area contributed by atoms with Crippen LogP contribution in [0.4, 0.5) is 11.8 Å². The second kappa shape index (κ2) is 7.67. The van der Waals surface area contributed by atoms with Crippen LogP contribution in [0, 0.1) is 6.92 Å². The van der Waals surface area contributed by atoms with E-state index in [2.05, 4.69) is 30.2 Å². The van der Waals surface area contributed by atoms with E-state index < -0.39 is 0 Å². The molecule has 3 heterocycles. The highest BCUT2D eigenvalue weighted by Crippen LogP contribution is 2.10. The molecule has 0 bridgehead atoms. The highest BCUT2D eigenvalue weighted by Gasteiger charge is 2.21. The first kappa shape index (κ1) is 16.1. The van der Waals surface area contributed by atoms with E-state index in [9.17, 15) is 4.79 Å². The molecule has 0 aliphatic carbocycles. The monoisotopic (exact) mass is 327 g/mol. The predicted octanol–water partition coefficient (Wildman–Crippen LogP) is 0.726. The lowest BCUT2D eigenvalue weighted by molar-refractivity contribution is -0.131. The average Bonchev–Trinajstić information content (AvgIpc) is 2.63. The Labute approximate surface area is 141 Å². The van der Waals surface area contributed by atoms with Gasteiger partial charge in [-0.2, -0.15) is 0 Å². The first-order valence-electron chi connectivity index (χ1n) is 8.04. The van der Waals surface area contributed by atoms with E-state index in [1.165, 1.54) is 0 Å². The number of hydrogen-bond donors (Lipinski definition) is 1. The molecule has 0 atom stereocenters. The molecule has 0 radical (unpaired) electrons. The summed E-state index contributed by atoms with van der Waals surface area (Å²) in [4.78, 5) is 33.2. The molecule has 1 saturated heterocycles. The number of hydrogen-bond acceptors (Lipinski definition) is 7. The van der Waals surface area contributed by atoms with Gasteiger partial charge in [0.15, 0.2) is 0 Å². The van der Waals surface area contributed by atoms with Crippen molar-refractivity contribution >= 4 is 17.7 Å². The van der Waals surface area contributed by atoms with Gasteiger partial charge in [-0.05, 0) is 13.0 Å². The highest BCUT2D eigenvalue weighted by molar-refractivity contribution is 5.77. The fourth-order valence-electron chi connectivity index (χ4n) is 2.61. The van der Waals surface area contributed by atoms with Gasteiger partial charge in [0.05, 0.1) is 11.9 Å². The lowest BCUT2D eigenvalue weighted by atomic mass is 10.3. The number of carbonyl (C=O) groups is 1. The minimum absolute atomic E-state index is 0.150. The second-order valence-corrected chi connectivity index (χ2v) is 5.64. The molecule has 1 amide bonds. The number of anilines is 2. The van der Waals surface area contributed by atoms with Gasteiger partial charge in [-0.1, -0.05) is 0 Å². The van der Waals surface area contributed by atoms with E-state index in [4.69, 9.17) is 0 Å². The Morgan fingerprint density at radius 1 is 1.17 bits per heavy atom. The van der Waals surface area contributed by atoms with Gasteiger partial charge in [-0.25, -0.2) is 15.0 Å². The molecule has 0 unspecified atom stereocenters. The first-order chi connectivity index (χ1) is 11.7. The number of amides is 1. The minimum atomic E-state index is 0.150. The van der Waals surface area contributed by atoms with Crippen molar-refractivity contribution in [2.75, 3.05) is 42.9 Å². The van der Waals surface area contributed by atoms with Gasteiger partial charge >= 0.3 is 0 Å². The summed E-state index contributed by atoms with van der Waals surface area (Å²) in [5, 5.41) is 3.14. The van der Waals surface area contributed by atoms with Crippen molar-refractivity contribution in [2.24, 2.45) is 0 Å². The molecular weight excluding hydrogens is 306 g/mol. The Morgan fingerprint density at radius 3 is 2.62 bits per heavy atom. The van der Waals surface area contributed by atoms with Crippen LogP contribution in [0.3, 0.4) is 0 Å². The van der Waals surface area contributed by atoms with Crippen LogP contribution in [0.2, 0.25) is 0 Å². The van der Waals surface area contributed by atoms with Crippen molar-refractivity contribution in [1.29, 1.82) is 0 Å². The minimum Gasteiger partial charge on any atom is -0.368 e. The normalized spacial score (nSPS) is 14.5. The third-order valence-corrected chi connectivity index (χ3v) is 3.87. The van der Waals surface area contributed by atoms with Crippen LogP contribution in [-0.2, 0) is 4.79 Å². The summed E-state index contributed by atoms with van der Waals surface area (Å²) in [6.07, 6.45) is 7.28. The van der Waals surface area contributed by atoms with E-state index in [1.807, 2.05) is 11.8 Å². The number of nitrogens with one attached hydrogen (secondary N) is 1. The molecule has 2 aromatic rings. The summed E-state index contributed by atoms with van der Waals surface area (Å²) in [6.45, 7) is 5.35. The Bertz CT molecular complexity index is 671. The van der Waals surface area contributed by atoms with Gasteiger partial charge in [-0.15, -0.1) is 0 Å². The van der Waals surface area contributed by atoms with Crippen LogP contribution in [0.5, 0.6) is 0 Å². The Kier molecular flexibility index (Phi) is 5.15. The molecule has 0 saturated carbocycles. The van der Waals surface area contributed by atoms with Crippen molar-refractivity contribution in [3.8, 4) is 0 Å². The lowest BCUT2D eigenvalue weighted by Gasteiger charge is -2.34. The molecule has 3 rings (SSSR count). The number of aromatic nitrogens is 4. The van der Waals surface area contributed by atoms with Crippen LogP contribution in [-0.4, -0.2) is 63.5 Å². The fourth-order valence-corrected chi connectivity index (χ4v) is 2.61. The molecule has 24 heavy (non-hydrogen) atoms. The average molecular weight is 327 g/mol. The van der Waals surface area contributed by atoms with Crippen LogP contribution in [0.25, 0.3) is 0 Å². The molecular formula is C16H21N7O. The first-order valence-corrected chi connectivity index (χ1v) is 8.04. The Morgan fingerprint density at radius 2 is 1.92 bits per heavy atom. The summed E-state index contributed by atoms with van der Waals surface area (Å²) in [5.74, 6) is 1.58. The summed E-state index contributed by atoms with van der Waals surface area (Å²) in [5.41, 5.74) is 0.852. The topological polar surface area (TPSA) is 87.1 Å². The predicted molar refractivity (Wildman–Crippen MR) is 90.7 cm³/mol. The number of aryl methyl sites for hydroxylation is 1. The third kappa shape index (κ3) is 4.15. The van der Waals surface area contributed by atoms with E-state index in [1.54, 1.807) is 30.9 Å². The second-order valence-electron chi connectivity index (χ2n) is 5.64. The molecule has 0 aromatic carbocycles. The van der Waals surface area contributed by atoms with Crippen molar-refractivity contribution in [3.63, 3.8) is 0 Å². The molecule has 126 valence electrons. The zero-order valence-electron chi connectivity index (χ0n) is 13.7. The van der Waals surface area contributed by atoms with E-state index in [0.29, 0.717) is 31.9 Å². The number of piperazine rings is 1. The highest BCUT2D eigenvalue weighted by atomic mass is 16.2. The van der Waals surface area contributed by atoms with Crippen molar-refractivity contribution < 1.29 is 4.79 Å². The smallest absolute Gasteiger partial charge is 0.225 e. The molecule has 2 aromatic heterocycles. The number of carbonyl (C=O) groups excluding carboxylic acids is 1. The van der Waals surface area contributed by atoms with Crippen molar-refractivity contribution in [1.82, 2.24) is 24.8 Å². The van der Waals surface area contributed by atoms with E-state index >= 15 is 0 Å². The summed E-state index contributed by atoms with van der Waals surface area (Å²) >= 11 is 0. The molecule has 1 aliphatic heterocycles. The molecule has 8 nitrogen and oxygen atoms in total. The molecule has 8 heteroatoms. The quantitative estimate of drug-likeness (QED) is 0.866. The van der Waals surface area contributed by atoms with Gasteiger partial charge < -0.3 is 15.1 Å². The Balaban J connectivity index is 1.42. The maximum Gasteiger partial charge on any atom is 0.225 e. The van der Waals surface area contributed by atoms with Gasteiger partial charge in [0.25, 0.3) is 0 Å². The number of nitrogens with zero attached hydrogens (tertiary/aromatic N) is 6. The third-order valence-electron chi connectivity index (χ3n) is 3.87. The number of rotatable bonds is 5. The fraction of sp³-hybridized carbons (Fsp3) is 0.438. The van der Waals surface area contributed by atoms with Crippen LogP contribution in [0.15, 0.2) is 30.9 Å². The van der Waals surface area contributed by atoms with Gasteiger partial charge in [-0.3, -0.25) is 9.78 Å². The summed E-state index contributed by atoms with van der Waals surface area (Å²) in [6, 6.07) is 1.80. The van der Waals surface area contributed by atoms with Crippen LogP contribution in [0.1, 0.15) is 12.1 Å². The zero-order valence-corrected chi connectivity index (χ0v) is 13.7. The van der Waals surface area contributed by atoms with Crippen molar-refractivity contribution in [2.45, 2.75) is 13.3 Å². The molecule has 1 N–H and O–H groups in total. The lowest BCUT2D eigenvalue weighted by Crippen LogP contribution is -2.49. The maximum absolute atomic E-state index is 12.3. The summed E-state index contributed by atoms with van der Waals surface area (Å²) < 4.78 is 0. The van der Waals surface area contributed by atoms with Crippen LogP contribution >= 0.6 is 0 Å². The van der Waals surface area contributed by atoms with Crippen LogP contribution < -0.4 is 10.2 Å². The Hall–Kier alpha value is -2.77. The van der Waals surface area contributed by atoms with E-state index in [-0.39, 0.29) is 5.91 Å².